The zero-order valence-corrected chi connectivity index (χ0v) is 16.2. The molecule has 6 nitrogen and oxygen atoms in total. The highest BCUT2D eigenvalue weighted by Gasteiger charge is 2.21. The number of hydrogen-bond donors (Lipinski definition) is 0. The smallest absolute Gasteiger partial charge is 0.304 e. The predicted octanol–water partition coefficient (Wildman–Crippen LogP) is 3.88. The molecule has 1 aliphatic carbocycles. The number of carbonyl (C=O) groups is 1. The third-order valence-corrected chi connectivity index (χ3v) is 5.62. The minimum absolute atomic E-state index is 0.0694. The quantitative estimate of drug-likeness (QED) is 0.659. The van der Waals surface area contributed by atoms with Gasteiger partial charge in [0.1, 0.15) is 0 Å². The van der Waals surface area contributed by atoms with Crippen molar-refractivity contribution in [2.75, 3.05) is 38.3 Å². The second-order valence-electron chi connectivity index (χ2n) is 7.64. The molecular weight excluding hydrogens is 342 g/mol. The molecule has 2 aromatic rings. The number of hydrogen-bond acceptors (Lipinski definition) is 5. The van der Waals surface area contributed by atoms with E-state index in [1.54, 1.807) is 11.7 Å². The molecule has 0 radical (unpaired) electrons. The number of ether oxygens (including phenoxy) is 2. The molecule has 1 saturated carbocycles. The van der Waals surface area contributed by atoms with Gasteiger partial charge >= 0.3 is 6.01 Å². The Morgan fingerprint density at radius 3 is 2.78 bits per heavy atom. The SMILES string of the molecule is COc1nc2ccc(N3CCOCC3)cc2n1C(=O)CCCCCC1CC1. The fourth-order valence-electron chi connectivity index (χ4n) is 3.84. The molecule has 0 amide bonds. The highest BCUT2D eigenvalue weighted by molar-refractivity contribution is 5.93. The minimum atomic E-state index is 0.0694. The molecular formula is C21H29N3O3. The summed E-state index contributed by atoms with van der Waals surface area (Å²) >= 11 is 0. The predicted molar refractivity (Wildman–Crippen MR) is 106 cm³/mol. The number of unbranched alkanes of at least 4 members (excludes halogenated alkanes) is 2. The van der Waals surface area contributed by atoms with E-state index in [1.165, 1.54) is 25.7 Å². The molecule has 27 heavy (non-hydrogen) atoms. The van der Waals surface area contributed by atoms with Crippen LogP contribution in [0, 0.1) is 5.92 Å². The first-order chi connectivity index (χ1) is 13.3. The van der Waals surface area contributed by atoms with E-state index in [9.17, 15) is 4.79 Å². The first-order valence-electron chi connectivity index (χ1n) is 10.2. The van der Waals surface area contributed by atoms with Gasteiger partial charge < -0.3 is 14.4 Å². The number of rotatable bonds is 8. The molecule has 0 spiro atoms. The van der Waals surface area contributed by atoms with Crippen molar-refractivity contribution in [2.45, 2.75) is 44.9 Å². The number of methoxy groups -OCH3 is 1. The van der Waals surface area contributed by atoms with Gasteiger partial charge in [0.25, 0.3) is 0 Å². The monoisotopic (exact) mass is 371 g/mol. The van der Waals surface area contributed by atoms with Gasteiger partial charge in [-0.05, 0) is 30.5 Å². The summed E-state index contributed by atoms with van der Waals surface area (Å²) in [6.07, 6.45) is 7.96. The van der Waals surface area contributed by atoms with Crippen LogP contribution in [-0.2, 0) is 4.74 Å². The number of aromatic nitrogens is 2. The Kier molecular flexibility index (Phi) is 5.62. The average molecular weight is 371 g/mol. The van der Waals surface area contributed by atoms with Crippen molar-refractivity contribution in [1.82, 2.24) is 9.55 Å². The summed E-state index contributed by atoms with van der Waals surface area (Å²) < 4.78 is 12.5. The lowest BCUT2D eigenvalue weighted by Gasteiger charge is -2.28. The average Bonchev–Trinajstić information content (AvgIpc) is 3.45. The third-order valence-electron chi connectivity index (χ3n) is 5.62. The summed E-state index contributed by atoms with van der Waals surface area (Å²) in [6, 6.07) is 6.47. The van der Waals surface area contributed by atoms with Crippen LogP contribution in [0.2, 0.25) is 0 Å². The molecule has 0 unspecified atom stereocenters. The van der Waals surface area contributed by atoms with Crippen LogP contribution in [-0.4, -0.2) is 48.9 Å². The van der Waals surface area contributed by atoms with E-state index in [0.29, 0.717) is 12.4 Å². The van der Waals surface area contributed by atoms with Gasteiger partial charge in [-0.2, -0.15) is 4.98 Å². The van der Waals surface area contributed by atoms with Gasteiger partial charge in [-0.25, -0.2) is 4.57 Å². The van der Waals surface area contributed by atoms with Crippen molar-refractivity contribution in [3.8, 4) is 6.01 Å². The Bertz CT molecular complexity index is 791. The fraction of sp³-hybridized carbons (Fsp3) is 0.619. The van der Waals surface area contributed by atoms with Crippen LogP contribution in [0.15, 0.2) is 18.2 Å². The third kappa shape index (κ3) is 4.26. The normalized spacial score (nSPS) is 17.4. The standard InChI is InChI=1S/C21H29N3O3/c1-26-21-22-18-10-9-17(23-11-13-27-14-12-23)15-19(18)24(21)20(25)6-4-2-3-5-16-7-8-16/h9-10,15-16H,2-8,11-14H2,1H3. The molecule has 1 aromatic carbocycles. The molecule has 1 aromatic heterocycles. The van der Waals surface area contributed by atoms with Crippen LogP contribution in [0.1, 0.15) is 49.7 Å². The van der Waals surface area contributed by atoms with Crippen LogP contribution in [0.4, 0.5) is 5.69 Å². The molecule has 6 heteroatoms. The maximum Gasteiger partial charge on any atom is 0.304 e. The molecule has 0 atom stereocenters. The molecule has 4 rings (SSSR count). The zero-order chi connectivity index (χ0) is 18.6. The maximum absolute atomic E-state index is 12.9. The van der Waals surface area contributed by atoms with Gasteiger partial charge in [-0.1, -0.05) is 32.1 Å². The van der Waals surface area contributed by atoms with Crippen LogP contribution >= 0.6 is 0 Å². The van der Waals surface area contributed by atoms with Crippen molar-refractivity contribution in [3.63, 3.8) is 0 Å². The summed E-state index contributed by atoms with van der Waals surface area (Å²) in [6.45, 7) is 3.21. The van der Waals surface area contributed by atoms with Gasteiger partial charge in [0.05, 0.1) is 31.4 Å². The number of morpholine rings is 1. The fourth-order valence-corrected chi connectivity index (χ4v) is 3.84. The summed E-state index contributed by atoms with van der Waals surface area (Å²) in [5, 5.41) is 0. The van der Waals surface area contributed by atoms with Crippen LogP contribution in [0.5, 0.6) is 6.01 Å². The molecule has 2 heterocycles. The van der Waals surface area contributed by atoms with E-state index in [1.807, 2.05) is 6.07 Å². The van der Waals surface area contributed by atoms with Crippen molar-refractivity contribution in [1.29, 1.82) is 0 Å². The van der Waals surface area contributed by atoms with Gasteiger partial charge in [-0.3, -0.25) is 4.79 Å². The molecule has 1 aliphatic heterocycles. The Morgan fingerprint density at radius 2 is 2.04 bits per heavy atom. The largest absolute Gasteiger partial charge is 0.468 e. The van der Waals surface area contributed by atoms with Gasteiger partial charge in [0, 0.05) is 25.2 Å². The number of carbonyl (C=O) groups excluding carboxylic acids is 1. The highest BCUT2D eigenvalue weighted by atomic mass is 16.5. The Balaban J connectivity index is 1.49. The number of imidazole rings is 1. The van der Waals surface area contributed by atoms with E-state index in [0.717, 1.165) is 61.8 Å². The molecule has 0 N–H and O–H groups in total. The number of benzene rings is 1. The van der Waals surface area contributed by atoms with E-state index in [4.69, 9.17) is 9.47 Å². The summed E-state index contributed by atoms with van der Waals surface area (Å²) in [4.78, 5) is 19.7. The van der Waals surface area contributed by atoms with E-state index >= 15 is 0 Å². The first kappa shape index (κ1) is 18.3. The molecule has 146 valence electrons. The Labute approximate surface area is 160 Å². The minimum Gasteiger partial charge on any atom is -0.468 e. The molecule has 0 bridgehead atoms. The van der Waals surface area contributed by atoms with Gasteiger partial charge in [0.15, 0.2) is 0 Å². The van der Waals surface area contributed by atoms with Crippen LogP contribution in [0.3, 0.4) is 0 Å². The lowest BCUT2D eigenvalue weighted by Crippen LogP contribution is -2.36. The van der Waals surface area contributed by atoms with Crippen LogP contribution < -0.4 is 9.64 Å². The topological polar surface area (TPSA) is 56.6 Å². The van der Waals surface area contributed by atoms with Crippen molar-refractivity contribution >= 4 is 22.6 Å². The zero-order valence-electron chi connectivity index (χ0n) is 16.2. The van der Waals surface area contributed by atoms with E-state index in [2.05, 4.69) is 22.0 Å². The van der Waals surface area contributed by atoms with Crippen LogP contribution in [0.25, 0.3) is 11.0 Å². The number of fused-ring (bicyclic) bond motifs is 1. The van der Waals surface area contributed by atoms with Crippen molar-refractivity contribution in [2.24, 2.45) is 5.92 Å². The van der Waals surface area contributed by atoms with Gasteiger partial charge in [0.2, 0.25) is 5.91 Å². The number of nitrogens with zero attached hydrogens (tertiary/aromatic N) is 3. The second kappa shape index (κ2) is 8.30. The van der Waals surface area contributed by atoms with E-state index in [-0.39, 0.29) is 5.91 Å². The van der Waals surface area contributed by atoms with Crippen molar-refractivity contribution in [3.05, 3.63) is 18.2 Å². The highest BCUT2D eigenvalue weighted by Crippen LogP contribution is 2.34. The molecule has 2 fully saturated rings. The number of anilines is 1. The van der Waals surface area contributed by atoms with Gasteiger partial charge in [-0.15, -0.1) is 0 Å². The van der Waals surface area contributed by atoms with Crippen molar-refractivity contribution < 1.29 is 14.3 Å². The lowest BCUT2D eigenvalue weighted by molar-refractivity contribution is 0.0893. The molecule has 2 aliphatic rings. The Hall–Kier alpha value is -2.08. The molecule has 1 saturated heterocycles. The first-order valence-corrected chi connectivity index (χ1v) is 10.2. The lowest BCUT2D eigenvalue weighted by atomic mass is 10.1. The summed E-state index contributed by atoms with van der Waals surface area (Å²) in [5.41, 5.74) is 2.73. The second-order valence-corrected chi connectivity index (χ2v) is 7.64. The van der Waals surface area contributed by atoms with E-state index < -0.39 is 0 Å². The maximum atomic E-state index is 12.9. The Morgan fingerprint density at radius 1 is 1.22 bits per heavy atom. The summed E-state index contributed by atoms with van der Waals surface area (Å²) in [7, 11) is 1.57. The summed E-state index contributed by atoms with van der Waals surface area (Å²) in [5.74, 6) is 1.04.